The predicted molar refractivity (Wildman–Crippen MR) is 129 cm³/mol. The molecule has 5 aromatic rings. The quantitative estimate of drug-likeness (QED) is 0.417. The summed E-state index contributed by atoms with van der Waals surface area (Å²) in [6.07, 6.45) is 2.02. The minimum absolute atomic E-state index is 0.0423. The van der Waals surface area contributed by atoms with E-state index in [1.807, 2.05) is 41.8 Å². The SMILES string of the molecule is Cc1ccc(-n2c3nc4ccccc4nc3c3c(=O)n(C[C@H]4CCCO4)c(C)nc32)cc1C. The number of hydrogen-bond donors (Lipinski definition) is 0. The lowest BCUT2D eigenvalue weighted by atomic mass is 10.1. The zero-order valence-electron chi connectivity index (χ0n) is 19.0. The average Bonchev–Trinajstić information content (AvgIpc) is 3.42. The van der Waals surface area contributed by atoms with Crippen LogP contribution in [-0.2, 0) is 11.3 Å². The third-order valence-electron chi connectivity index (χ3n) is 6.71. The first-order valence-corrected chi connectivity index (χ1v) is 11.4. The third kappa shape index (κ3) is 3.15. The van der Waals surface area contributed by atoms with Gasteiger partial charge in [0.05, 0.1) is 23.7 Å². The molecule has 1 fully saturated rings. The van der Waals surface area contributed by atoms with Crippen LogP contribution in [0.1, 0.15) is 29.8 Å². The molecule has 33 heavy (non-hydrogen) atoms. The fourth-order valence-corrected chi connectivity index (χ4v) is 4.75. The maximum atomic E-state index is 13.8. The van der Waals surface area contributed by atoms with Crippen molar-refractivity contribution in [3.05, 3.63) is 69.8 Å². The van der Waals surface area contributed by atoms with Gasteiger partial charge in [0, 0.05) is 12.3 Å². The summed E-state index contributed by atoms with van der Waals surface area (Å²) in [4.78, 5) is 28.6. The summed E-state index contributed by atoms with van der Waals surface area (Å²) in [5.41, 5.74) is 6.57. The van der Waals surface area contributed by atoms with E-state index in [2.05, 4.69) is 26.0 Å². The van der Waals surface area contributed by atoms with Crippen LogP contribution >= 0.6 is 0 Å². The van der Waals surface area contributed by atoms with Crippen molar-refractivity contribution in [2.45, 2.75) is 46.3 Å². The van der Waals surface area contributed by atoms with Gasteiger partial charge in [-0.2, -0.15) is 0 Å². The van der Waals surface area contributed by atoms with Crippen molar-refractivity contribution in [2.24, 2.45) is 0 Å². The molecular weight excluding hydrogens is 414 g/mol. The summed E-state index contributed by atoms with van der Waals surface area (Å²) in [7, 11) is 0. The third-order valence-corrected chi connectivity index (χ3v) is 6.71. The van der Waals surface area contributed by atoms with Gasteiger partial charge in [-0.1, -0.05) is 18.2 Å². The first-order valence-electron chi connectivity index (χ1n) is 11.4. The van der Waals surface area contributed by atoms with E-state index in [0.29, 0.717) is 34.6 Å². The van der Waals surface area contributed by atoms with E-state index < -0.39 is 0 Å². The maximum absolute atomic E-state index is 13.8. The van der Waals surface area contributed by atoms with Gasteiger partial charge in [0.1, 0.15) is 16.7 Å². The molecule has 3 aromatic heterocycles. The highest BCUT2D eigenvalue weighted by Gasteiger charge is 2.24. The van der Waals surface area contributed by atoms with E-state index >= 15 is 0 Å². The van der Waals surface area contributed by atoms with Gasteiger partial charge in [-0.05, 0) is 69.0 Å². The molecule has 0 bridgehead atoms. The van der Waals surface area contributed by atoms with Crippen LogP contribution < -0.4 is 5.56 Å². The van der Waals surface area contributed by atoms with Gasteiger partial charge in [-0.25, -0.2) is 15.0 Å². The maximum Gasteiger partial charge on any atom is 0.265 e. The molecule has 166 valence electrons. The summed E-state index contributed by atoms with van der Waals surface area (Å²) >= 11 is 0. The van der Waals surface area contributed by atoms with Crippen LogP contribution in [0.2, 0.25) is 0 Å². The number of benzene rings is 2. The number of para-hydroxylation sites is 2. The Morgan fingerprint density at radius 2 is 1.76 bits per heavy atom. The summed E-state index contributed by atoms with van der Waals surface area (Å²) < 4.78 is 9.51. The van der Waals surface area contributed by atoms with E-state index in [4.69, 9.17) is 19.7 Å². The molecule has 1 saturated heterocycles. The number of fused-ring (bicyclic) bond motifs is 4. The highest BCUT2D eigenvalue weighted by atomic mass is 16.5. The molecule has 0 N–H and O–H groups in total. The second-order valence-electron chi connectivity index (χ2n) is 8.90. The van der Waals surface area contributed by atoms with Crippen LogP contribution in [0.5, 0.6) is 0 Å². The Kier molecular flexibility index (Phi) is 4.55. The van der Waals surface area contributed by atoms with Crippen molar-refractivity contribution in [3.63, 3.8) is 0 Å². The lowest BCUT2D eigenvalue weighted by Crippen LogP contribution is -2.29. The van der Waals surface area contributed by atoms with Crippen molar-refractivity contribution >= 4 is 33.2 Å². The van der Waals surface area contributed by atoms with E-state index in [9.17, 15) is 4.79 Å². The van der Waals surface area contributed by atoms with Crippen LogP contribution in [0.25, 0.3) is 38.9 Å². The molecule has 1 atom stereocenters. The molecule has 0 spiro atoms. The Bertz CT molecular complexity index is 1610. The highest BCUT2D eigenvalue weighted by Crippen LogP contribution is 2.29. The topological polar surface area (TPSA) is 74.8 Å². The van der Waals surface area contributed by atoms with Crippen molar-refractivity contribution in [1.82, 2.24) is 24.1 Å². The molecule has 7 nitrogen and oxygen atoms in total. The Hall–Kier alpha value is -3.58. The molecule has 0 unspecified atom stereocenters. The Labute approximate surface area is 190 Å². The summed E-state index contributed by atoms with van der Waals surface area (Å²) in [6, 6.07) is 14.0. The van der Waals surface area contributed by atoms with E-state index in [1.54, 1.807) is 4.57 Å². The Morgan fingerprint density at radius 3 is 2.48 bits per heavy atom. The Balaban J connectivity index is 1.72. The van der Waals surface area contributed by atoms with Crippen molar-refractivity contribution in [2.75, 3.05) is 6.61 Å². The number of ether oxygens (including phenoxy) is 1. The minimum Gasteiger partial charge on any atom is -0.376 e. The van der Waals surface area contributed by atoms with Crippen molar-refractivity contribution < 1.29 is 4.74 Å². The number of nitrogens with zero attached hydrogens (tertiary/aromatic N) is 5. The number of aryl methyl sites for hydroxylation is 3. The van der Waals surface area contributed by atoms with E-state index in [-0.39, 0.29) is 11.7 Å². The Morgan fingerprint density at radius 1 is 0.970 bits per heavy atom. The number of hydrogen-bond acceptors (Lipinski definition) is 5. The van der Waals surface area contributed by atoms with Crippen LogP contribution in [0.15, 0.2) is 47.3 Å². The monoisotopic (exact) mass is 439 g/mol. The first-order chi connectivity index (χ1) is 16.0. The zero-order valence-corrected chi connectivity index (χ0v) is 19.0. The standard InChI is InChI=1S/C26H25N5O2/c1-15-10-11-18(13-16(15)2)31-24-22(23-25(31)29-21-9-5-4-8-20(21)28-23)26(32)30(17(3)27-24)14-19-7-6-12-33-19/h4-5,8-11,13,19H,6-7,12,14H2,1-3H3/t19-/m1/s1. The van der Waals surface area contributed by atoms with Crippen LogP contribution in [-0.4, -0.2) is 36.8 Å². The lowest BCUT2D eigenvalue weighted by molar-refractivity contribution is 0.0955. The fourth-order valence-electron chi connectivity index (χ4n) is 4.75. The predicted octanol–water partition coefficient (Wildman–Crippen LogP) is 4.39. The van der Waals surface area contributed by atoms with Crippen LogP contribution in [0.4, 0.5) is 0 Å². The van der Waals surface area contributed by atoms with E-state index in [0.717, 1.165) is 36.2 Å². The summed E-state index contributed by atoms with van der Waals surface area (Å²) in [6.45, 7) is 7.31. The fraction of sp³-hybridized carbons (Fsp3) is 0.308. The molecule has 1 aliphatic rings. The summed E-state index contributed by atoms with van der Waals surface area (Å²) in [5, 5.41) is 0.505. The largest absolute Gasteiger partial charge is 0.376 e. The molecule has 0 radical (unpaired) electrons. The average molecular weight is 440 g/mol. The van der Waals surface area contributed by atoms with Crippen LogP contribution in [0.3, 0.4) is 0 Å². The van der Waals surface area contributed by atoms with Gasteiger partial charge in [0.25, 0.3) is 5.56 Å². The van der Waals surface area contributed by atoms with Gasteiger partial charge in [0.15, 0.2) is 11.3 Å². The van der Waals surface area contributed by atoms with Crippen molar-refractivity contribution in [1.29, 1.82) is 0 Å². The molecule has 0 saturated carbocycles. The van der Waals surface area contributed by atoms with Gasteiger partial charge in [0.2, 0.25) is 0 Å². The molecule has 7 heteroatoms. The summed E-state index contributed by atoms with van der Waals surface area (Å²) in [5.74, 6) is 0.667. The number of aromatic nitrogens is 5. The van der Waals surface area contributed by atoms with Crippen molar-refractivity contribution in [3.8, 4) is 5.69 Å². The minimum atomic E-state index is -0.0924. The lowest BCUT2D eigenvalue weighted by Gasteiger charge is -2.15. The first kappa shape index (κ1) is 20.1. The highest BCUT2D eigenvalue weighted by molar-refractivity contribution is 6.05. The van der Waals surface area contributed by atoms with Gasteiger partial charge in [-0.15, -0.1) is 0 Å². The second-order valence-corrected chi connectivity index (χ2v) is 8.90. The molecule has 0 aliphatic carbocycles. The molecule has 1 aliphatic heterocycles. The molecule has 2 aromatic carbocycles. The van der Waals surface area contributed by atoms with Gasteiger partial charge in [-0.3, -0.25) is 13.9 Å². The van der Waals surface area contributed by atoms with Gasteiger partial charge < -0.3 is 4.74 Å². The molecule has 0 amide bonds. The zero-order chi connectivity index (χ0) is 22.7. The van der Waals surface area contributed by atoms with E-state index in [1.165, 1.54) is 11.1 Å². The molecule has 4 heterocycles. The molecule has 6 rings (SSSR count). The number of rotatable bonds is 3. The normalized spacial score (nSPS) is 16.4. The smallest absolute Gasteiger partial charge is 0.265 e. The second kappa shape index (κ2) is 7.49. The molecular formula is C26H25N5O2. The van der Waals surface area contributed by atoms with Gasteiger partial charge >= 0.3 is 0 Å². The van der Waals surface area contributed by atoms with Crippen LogP contribution in [0, 0.1) is 20.8 Å².